The fraction of sp³-hybridized carbons (Fsp3) is 0.556. The van der Waals surface area contributed by atoms with Gasteiger partial charge < -0.3 is 30.2 Å². The largest absolute Gasteiger partial charge is 0.496 e. The Morgan fingerprint density at radius 1 is 1.15 bits per heavy atom. The number of carbonyl (C=O) groups is 2. The number of benzene rings is 1. The van der Waals surface area contributed by atoms with Crippen LogP contribution in [0.25, 0.3) is 0 Å². The number of nitrogens with two attached hydrogens (primary N) is 1. The monoisotopic (exact) mass is 365 g/mol. The fourth-order valence-electron chi connectivity index (χ4n) is 3.08. The molecule has 3 N–H and O–H groups in total. The lowest BCUT2D eigenvalue weighted by atomic mass is 9.96. The highest BCUT2D eigenvalue weighted by molar-refractivity contribution is 5.98. The van der Waals surface area contributed by atoms with Gasteiger partial charge in [-0.3, -0.25) is 9.59 Å². The van der Waals surface area contributed by atoms with Gasteiger partial charge in [-0.05, 0) is 12.8 Å². The molecule has 0 saturated carbocycles. The van der Waals surface area contributed by atoms with Gasteiger partial charge >= 0.3 is 0 Å². The zero-order valence-electron chi connectivity index (χ0n) is 15.5. The number of amides is 2. The highest BCUT2D eigenvalue weighted by atomic mass is 16.5. The van der Waals surface area contributed by atoms with E-state index in [-0.39, 0.29) is 17.7 Å². The second-order valence-corrected chi connectivity index (χ2v) is 6.08. The van der Waals surface area contributed by atoms with Gasteiger partial charge in [-0.25, -0.2) is 0 Å². The van der Waals surface area contributed by atoms with Crippen LogP contribution in [-0.4, -0.2) is 64.2 Å². The summed E-state index contributed by atoms with van der Waals surface area (Å²) in [4.78, 5) is 26.9. The van der Waals surface area contributed by atoms with Gasteiger partial charge in [0, 0.05) is 38.3 Å². The summed E-state index contributed by atoms with van der Waals surface area (Å²) in [6, 6.07) is 3.24. The molecule has 1 aliphatic rings. The standard InChI is InChI=1S/C18H27N3O5/c1-24-14-10-16(26-3)15(25-2)9-13(14)18(23)21-8-4-5-12(11-21)17(22)20-7-6-19/h9-10,12H,4-8,11,19H2,1-3H3,(H,20,22). The Hall–Kier alpha value is -2.48. The third kappa shape index (κ3) is 4.37. The normalized spacial score (nSPS) is 16.8. The van der Waals surface area contributed by atoms with E-state index in [4.69, 9.17) is 19.9 Å². The summed E-state index contributed by atoms with van der Waals surface area (Å²) >= 11 is 0. The quantitative estimate of drug-likeness (QED) is 0.735. The number of rotatable bonds is 7. The Morgan fingerprint density at radius 2 is 1.81 bits per heavy atom. The molecule has 144 valence electrons. The molecule has 2 amide bonds. The van der Waals surface area contributed by atoms with Crippen molar-refractivity contribution in [3.8, 4) is 17.2 Å². The average Bonchev–Trinajstić information content (AvgIpc) is 2.70. The number of methoxy groups -OCH3 is 3. The maximum Gasteiger partial charge on any atom is 0.257 e. The highest BCUT2D eigenvalue weighted by Crippen LogP contribution is 2.35. The van der Waals surface area contributed by atoms with Crippen LogP contribution in [0.4, 0.5) is 0 Å². The summed E-state index contributed by atoms with van der Waals surface area (Å²) in [7, 11) is 4.53. The predicted octanol–water partition coefficient (Wildman–Crippen LogP) is 0.640. The van der Waals surface area contributed by atoms with Crippen molar-refractivity contribution in [1.82, 2.24) is 10.2 Å². The van der Waals surface area contributed by atoms with E-state index in [2.05, 4.69) is 5.32 Å². The first-order chi connectivity index (χ1) is 12.5. The Labute approximate surface area is 153 Å². The van der Waals surface area contributed by atoms with Crippen LogP contribution in [0.2, 0.25) is 0 Å². The number of hydrogen-bond donors (Lipinski definition) is 2. The van der Waals surface area contributed by atoms with E-state index < -0.39 is 0 Å². The van der Waals surface area contributed by atoms with Gasteiger partial charge in [0.15, 0.2) is 11.5 Å². The van der Waals surface area contributed by atoms with Crippen LogP contribution in [0.1, 0.15) is 23.2 Å². The van der Waals surface area contributed by atoms with Crippen molar-refractivity contribution in [2.75, 3.05) is 47.5 Å². The first-order valence-corrected chi connectivity index (χ1v) is 8.62. The zero-order valence-corrected chi connectivity index (χ0v) is 15.5. The molecule has 1 saturated heterocycles. The summed E-state index contributed by atoms with van der Waals surface area (Å²) in [5.41, 5.74) is 5.81. The molecule has 0 aliphatic carbocycles. The maximum absolute atomic E-state index is 13.0. The van der Waals surface area contributed by atoms with Crippen molar-refractivity contribution < 1.29 is 23.8 Å². The number of hydrogen-bond acceptors (Lipinski definition) is 6. The van der Waals surface area contributed by atoms with Gasteiger partial charge in [-0.1, -0.05) is 0 Å². The summed E-state index contributed by atoms with van der Waals surface area (Å²) < 4.78 is 15.9. The van der Waals surface area contributed by atoms with E-state index in [1.807, 2.05) is 0 Å². The van der Waals surface area contributed by atoms with E-state index in [0.29, 0.717) is 49.0 Å². The number of nitrogens with zero attached hydrogens (tertiary/aromatic N) is 1. The first kappa shape index (κ1) is 19.8. The molecule has 1 heterocycles. The molecule has 1 aromatic carbocycles. The van der Waals surface area contributed by atoms with Crippen LogP contribution in [0.5, 0.6) is 17.2 Å². The molecule has 0 radical (unpaired) electrons. The number of likely N-dealkylation sites (tertiary alicyclic amines) is 1. The van der Waals surface area contributed by atoms with Crippen LogP contribution in [0.3, 0.4) is 0 Å². The summed E-state index contributed by atoms with van der Waals surface area (Å²) in [6.45, 7) is 1.79. The van der Waals surface area contributed by atoms with Gasteiger partial charge in [0.25, 0.3) is 5.91 Å². The summed E-state index contributed by atoms with van der Waals surface area (Å²) in [5.74, 6) is 0.851. The van der Waals surface area contributed by atoms with Crippen LogP contribution in [-0.2, 0) is 4.79 Å². The minimum atomic E-state index is -0.231. The average molecular weight is 365 g/mol. The molecule has 1 aliphatic heterocycles. The lowest BCUT2D eigenvalue weighted by Gasteiger charge is -2.32. The van der Waals surface area contributed by atoms with Crippen LogP contribution < -0.4 is 25.3 Å². The zero-order chi connectivity index (χ0) is 19.1. The molecule has 0 aromatic heterocycles. The molecule has 0 spiro atoms. The Bertz CT molecular complexity index is 650. The fourth-order valence-corrected chi connectivity index (χ4v) is 3.08. The minimum absolute atomic E-state index is 0.0628. The molecule has 1 aromatic rings. The summed E-state index contributed by atoms with van der Waals surface area (Å²) in [6.07, 6.45) is 1.52. The third-order valence-electron chi connectivity index (χ3n) is 4.46. The Morgan fingerprint density at radius 3 is 2.42 bits per heavy atom. The molecule has 1 fully saturated rings. The molecule has 26 heavy (non-hydrogen) atoms. The minimum Gasteiger partial charge on any atom is -0.496 e. The van der Waals surface area contributed by atoms with Crippen molar-refractivity contribution >= 4 is 11.8 Å². The number of nitrogens with one attached hydrogen (secondary N) is 1. The SMILES string of the molecule is COc1cc(OC)c(C(=O)N2CCCC(C(=O)NCCN)C2)cc1OC. The number of carbonyl (C=O) groups excluding carboxylic acids is 2. The van der Waals surface area contributed by atoms with Gasteiger partial charge in [0.1, 0.15) is 5.75 Å². The van der Waals surface area contributed by atoms with E-state index in [1.165, 1.54) is 21.3 Å². The van der Waals surface area contributed by atoms with Crippen molar-refractivity contribution in [3.63, 3.8) is 0 Å². The molecule has 8 nitrogen and oxygen atoms in total. The van der Waals surface area contributed by atoms with Gasteiger partial charge in [0.05, 0.1) is 32.8 Å². The summed E-state index contributed by atoms with van der Waals surface area (Å²) in [5, 5.41) is 2.79. The van der Waals surface area contributed by atoms with E-state index >= 15 is 0 Å². The van der Waals surface area contributed by atoms with Crippen LogP contribution in [0, 0.1) is 5.92 Å². The third-order valence-corrected chi connectivity index (χ3v) is 4.46. The van der Waals surface area contributed by atoms with Crippen LogP contribution >= 0.6 is 0 Å². The number of ether oxygens (including phenoxy) is 3. The molecule has 0 bridgehead atoms. The molecular weight excluding hydrogens is 338 g/mol. The van der Waals surface area contributed by atoms with Gasteiger partial charge in [-0.15, -0.1) is 0 Å². The van der Waals surface area contributed by atoms with Crippen molar-refractivity contribution in [2.24, 2.45) is 11.7 Å². The highest BCUT2D eigenvalue weighted by Gasteiger charge is 2.30. The topological polar surface area (TPSA) is 103 Å². The second kappa shape index (κ2) is 9.28. The first-order valence-electron chi connectivity index (χ1n) is 8.62. The molecule has 8 heteroatoms. The van der Waals surface area contributed by atoms with Crippen LogP contribution in [0.15, 0.2) is 12.1 Å². The molecule has 1 unspecified atom stereocenters. The van der Waals surface area contributed by atoms with Gasteiger partial charge in [0.2, 0.25) is 5.91 Å². The van der Waals surface area contributed by atoms with Gasteiger partial charge in [-0.2, -0.15) is 0 Å². The van der Waals surface area contributed by atoms with Crippen molar-refractivity contribution in [2.45, 2.75) is 12.8 Å². The smallest absolute Gasteiger partial charge is 0.257 e. The van der Waals surface area contributed by atoms with Crippen molar-refractivity contribution in [3.05, 3.63) is 17.7 Å². The maximum atomic E-state index is 13.0. The molecule has 2 rings (SSSR count). The van der Waals surface area contributed by atoms with E-state index in [1.54, 1.807) is 17.0 Å². The lowest BCUT2D eigenvalue weighted by Crippen LogP contribution is -2.46. The number of piperidine rings is 1. The molecule has 1 atom stereocenters. The lowest BCUT2D eigenvalue weighted by molar-refractivity contribution is -0.126. The van der Waals surface area contributed by atoms with E-state index in [0.717, 1.165) is 12.8 Å². The van der Waals surface area contributed by atoms with Crippen molar-refractivity contribution in [1.29, 1.82) is 0 Å². The molecular formula is C18H27N3O5. The Balaban J connectivity index is 2.20. The van der Waals surface area contributed by atoms with E-state index in [9.17, 15) is 9.59 Å². The predicted molar refractivity (Wildman–Crippen MR) is 96.8 cm³/mol. The Kier molecular flexibility index (Phi) is 7.08. The second-order valence-electron chi connectivity index (χ2n) is 6.08.